The summed E-state index contributed by atoms with van der Waals surface area (Å²) in [6.45, 7) is 0. The highest BCUT2D eigenvalue weighted by atomic mass is 16.2. The fraction of sp³-hybridized carbons (Fsp3) is 0. The van der Waals surface area contributed by atoms with E-state index in [2.05, 4.69) is 5.73 Å². The second-order valence-corrected chi connectivity index (χ2v) is 0.865. The van der Waals surface area contributed by atoms with Crippen LogP contribution in [-0.2, 0) is 4.79 Å². The third-order valence-electron chi connectivity index (χ3n) is 0.412. The lowest BCUT2D eigenvalue weighted by Crippen LogP contribution is -2.29. The number of imide groups is 1. The van der Waals surface area contributed by atoms with Crippen LogP contribution in [0, 0.1) is 11.5 Å². The van der Waals surface area contributed by atoms with E-state index in [9.17, 15) is 9.59 Å². The molecule has 0 aromatic carbocycles. The topological polar surface area (TPSA) is 87.2 Å². The number of carbonyl (C=O) groups is 1. The second-order valence-electron chi connectivity index (χ2n) is 0.865. The summed E-state index contributed by atoms with van der Waals surface area (Å²) in [5.41, 5.74) is 4.46. The molecule has 0 aliphatic heterocycles. The van der Waals surface area contributed by atoms with E-state index in [1.54, 1.807) is 0 Å². The van der Waals surface area contributed by atoms with Crippen LogP contribution in [0.4, 0.5) is 4.79 Å². The monoisotopic (exact) mass is 112 g/mol. The van der Waals surface area contributed by atoms with Crippen LogP contribution in [0.25, 0.3) is 0 Å². The van der Waals surface area contributed by atoms with Gasteiger partial charge in [0.15, 0.2) is 6.19 Å². The quantitative estimate of drug-likeness (QED) is 0.345. The molecule has 0 rings (SSSR count). The zero-order chi connectivity index (χ0) is 6.57. The Balaban J connectivity index is 3.95. The smallest absolute Gasteiger partial charge is 0.335 e. The fourth-order valence-electron chi connectivity index (χ4n) is 0.115. The van der Waals surface area contributed by atoms with Crippen LogP contribution in [0.2, 0.25) is 0 Å². The van der Waals surface area contributed by atoms with Crippen molar-refractivity contribution in [1.29, 1.82) is 5.26 Å². The summed E-state index contributed by atoms with van der Waals surface area (Å²) < 4.78 is 0. The first-order valence-electron chi connectivity index (χ1n) is 1.59. The Kier molecular flexibility index (Phi) is 2.07. The number of carbonyl (C=O) groups excluding carboxylic acids is 2. The van der Waals surface area contributed by atoms with Gasteiger partial charge >= 0.3 is 12.4 Å². The Bertz CT molecular complexity index is 147. The van der Waals surface area contributed by atoms with Crippen molar-refractivity contribution in [1.82, 2.24) is 4.90 Å². The maximum Gasteiger partial charge on any atom is 0.335 e. The highest BCUT2D eigenvalue weighted by Gasteiger charge is 2.04. The first kappa shape index (κ1) is 6.43. The molecule has 2 N–H and O–H groups in total. The normalized spacial score (nSPS) is 6.88. The van der Waals surface area contributed by atoms with E-state index in [-0.39, 0.29) is 4.90 Å². The molecular weight excluding hydrogens is 110 g/mol. The molecule has 8 heavy (non-hydrogen) atoms. The van der Waals surface area contributed by atoms with E-state index in [0.29, 0.717) is 0 Å². The van der Waals surface area contributed by atoms with Crippen molar-refractivity contribution in [2.75, 3.05) is 0 Å². The Morgan fingerprint density at radius 3 is 2.25 bits per heavy atom. The van der Waals surface area contributed by atoms with Crippen LogP contribution in [0.5, 0.6) is 0 Å². The summed E-state index contributed by atoms with van der Waals surface area (Å²) in [6, 6.07) is -1.12. The number of nitrogens with zero attached hydrogens (tertiary/aromatic N) is 2. The molecule has 0 fully saturated rings. The molecule has 5 nitrogen and oxygen atoms in total. The van der Waals surface area contributed by atoms with Crippen LogP contribution in [0.3, 0.4) is 0 Å². The molecule has 0 bridgehead atoms. The average molecular weight is 112 g/mol. The number of hydrogen-bond acceptors (Lipinski definition) is 3. The molecule has 5 heteroatoms. The minimum atomic E-state index is -1.12. The Labute approximate surface area is 45.3 Å². The van der Waals surface area contributed by atoms with Gasteiger partial charge in [0.05, 0.1) is 0 Å². The van der Waals surface area contributed by atoms with Gasteiger partial charge in [-0.1, -0.05) is 0 Å². The molecule has 3 amide bonds. The zero-order valence-electron chi connectivity index (χ0n) is 3.79. The largest absolute Gasteiger partial charge is 0.350 e. The molecule has 0 saturated carbocycles. The number of urea groups is 1. The van der Waals surface area contributed by atoms with Gasteiger partial charge in [-0.15, -0.1) is 0 Å². The van der Waals surface area contributed by atoms with Crippen molar-refractivity contribution in [3.05, 3.63) is 0 Å². The van der Waals surface area contributed by atoms with Crippen molar-refractivity contribution < 1.29 is 9.59 Å². The molecule has 0 aliphatic carbocycles. The van der Waals surface area contributed by atoms with E-state index in [1.807, 2.05) is 0 Å². The summed E-state index contributed by atoms with van der Waals surface area (Å²) in [7, 11) is 0. The summed E-state index contributed by atoms with van der Waals surface area (Å²) in [4.78, 5) is 19.3. The van der Waals surface area contributed by atoms with Gasteiger partial charge in [-0.3, -0.25) is 4.79 Å². The number of rotatable bonds is 1. The Morgan fingerprint density at radius 2 is 2.25 bits per heavy atom. The number of primary amides is 1. The van der Waals surface area contributed by atoms with Crippen LogP contribution in [0.1, 0.15) is 0 Å². The fourth-order valence-corrected chi connectivity index (χ4v) is 0.115. The van der Waals surface area contributed by atoms with E-state index < -0.39 is 6.03 Å². The molecule has 1 radical (unpaired) electrons. The lowest BCUT2D eigenvalue weighted by Gasteiger charge is -1.93. The van der Waals surface area contributed by atoms with Gasteiger partial charge < -0.3 is 5.73 Å². The van der Waals surface area contributed by atoms with E-state index >= 15 is 0 Å². The zero-order valence-corrected chi connectivity index (χ0v) is 3.79. The third kappa shape index (κ3) is 1.26. The van der Waals surface area contributed by atoms with Crippen LogP contribution in [-0.4, -0.2) is 17.3 Å². The molecule has 0 spiro atoms. The van der Waals surface area contributed by atoms with Crippen LogP contribution < -0.4 is 5.73 Å². The third-order valence-corrected chi connectivity index (χ3v) is 0.412. The van der Waals surface area contributed by atoms with Crippen molar-refractivity contribution >= 4 is 12.4 Å². The minimum absolute atomic E-state index is 0.0556. The lowest BCUT2D eigenvalue weighted by atomic mass is 10.8. The molecule has 0 heterocycles. The maximum atomic E-state index is 9.82. The van der Waals surface area contributed by atoms with E-state index in [0.717, 1.165) is 6.41 Å². The van der Waals surface area contributed by atoms with Gasteiger partial charge in [-0.25, -0.2) is 4.79 Å². The van der Waals surface area contributed by atoms with E-state index in [1.165, 1.54) is 6.19 Å². The van der Waals surface area contributed by atoms with Gasteiger partial charge in [0.25, 0.3) is 0 Å². The van der Waals surface area contributed by atoms with Crippen molar-refractivity contribution in [2.24, 2.45) is 5.73 Å². The maximum absolute atomic E-state index is 9.82. The molecule has 0 unspecified atom stereocenters. The van der Waals surface area contributed by atoms with Gasteiger partial charge in [-0.05, 0) is 0 Å². The van der Waals surface area contributed by atoms with Gasteiger partial charge in [0, 0.05) is 0 Å². The Hall–Kier alpha value is -1.57. The molecule has 41 valence electrons. The number of hydrogen-bond donors (Lipinski definition) is 1. The molecule has 0 atom stereocenters. The predicted octanol–water partition coefficient (Wildman–Crippen LogP) is -1.08. The standard InChI is InChI=1S/C3H2N3O2/c4-1-6(2-7)3(5)8/h(H2,5,8). The number of nitriles is 1. The predicted molar refractivity (Wildman–Crippen MR) is 22.7 cm³/mol. The van der Waals surface area contributed by atoms with E-state index in [4.69, 9.17) is 5.26 Å². The van der Waals surface area contributed by atoms with Gasteiger partial charge in [-0.2, -0.15) is 10.2 Å². The first-order valence-corrected chi connectivity index (χ1v) is 1.59. The van der Waals surface area contributed by atoms with Gasteiger partial charge in [0.1, 0.15) is 0 Å². The average Bonchev–Trinajstić information content (AvgIpc) is 1.69. The SMILES string of the molecule is N#CN([C]=O)C(N)=O. The summed E-state index contributed by atoms with van der Waals surface area (Å²) in [6.07, 6.45) is 2.19. The van der Waals surface area contributed by atoms with Crippen molar-refractivity contribution in [3.8, 4) is 6.19 Å². The summed E-state index contributed by atoms with van der Waals surface area (Å²) in [5.74, 6) is 0. The molecular formula is C3H2N3O2. The highest BCUT2D eigenvalue weighted by Crippen LogP contribution is 1.73. The lowest BCUT2D eigenvalue weighted by molar-refractivity contribution is 0.239. The first-order chi connectivity index (χ1) is 3.72. The number of nitrogens with two attached hydrogens (primary N) is 1. The highest BCUT2D eigenvalue weighted by molar-refractivity contribution is 5.85. The second kappa shape index (κ2) is 2.58. The van der Waals surface area contributed by atoms with Crippen LogP contribution >= 0.6 is 0 Å². The molecule has 0 aliphatic rings. The van der Waals surface area contributed by atoms with Crippen molar-refractivity contribution in [2.45, 2.75) is 0 Å². The summed E-state index contributed by atoms with van der Waals surface area (Å²) in [5, 5.41) is 7.81. The molecule has 0 saturated heterocycles. The van der Waals surface area contributed by atoms with Crippen LogP contribution in [0.15, 0.2) is 0 Å². The molecule has 0 aromatic heterocycles. The minimum Gasteiger partial charge on any atom is -0.350 e. The number of amides is 3. The van der Waals surface area contributed by atoms with Gasteiger partial charge in [0.2, 0.25) is 0 Å². The summed E-state index contributed by atoms with van der Waals surface area (Å²) >= 11 is 0. The molecule has 0 aromatic rings. The Morgan fingerprint density at radius 1 is 1.75 bits per heavy atom. The van der Waals surface area contributed by atoms with Crippen molar-refractivity contribution in [3.63, 3.8) is 0 Å².